The summed E-state index contributed by atoms with van der Waals surface area (Å²) in [6, 6.07) is 19.2. The number of hydrogen-bond acceptors (Lipinski definition) is 4. The van der Waals surface area contributed by atoms with E-state index in [9.17, 15) is 4.79 Å². The number of nitrogens with one attached hydrogen (secondary N) is 3. The minimum absolute atomic E-state index is 0.00745. The van der Waals surface area contributed by atoms with E-state index < -0.39 is 0 Å². The van der Waals surface area contributed by atoms with Gasteiger partial charge >= 0.3 is 6.03 Å². The summed E-state index contributed by atoms with van der Waals surface area (Å²) in [4.78, 5) is 17.4. The Labute approximate surface area is 199 Å². The second-order valence-corrected chi connectivity index (χ2v) is 8.79. The van der Waals surface area contributed by atoms with Crippen molar-refractivity contribution < 1.29 is 9.53 Å². The van der Waals surface area contributed by atoms with Crippen molar-refractivity contribution in [1.82, 2.24) is 15.6 Å². The molecule has 0 spiro atoms. The monoisotopic (exact) mass is 464 g/mol. The first-order valence-corrected chi connectivity index (χ1v) is 11.5. The van der Waals surface area contributed by atoms with E-state index in [-0.39, 0.29) is 23.9 Å². The van der Waals surface area contributed by atoms with Crippen LogP contribution < -0.4 is 20.7 Å². The minimum Gasteiger partial charge on any atom is -0.497 e. The summed E-state index contributed by atoms with van der Waals surface area (Å²) >= 11 is 5.95. The van der Waals surface area contributed by atoms with Crippen molar-refractivity contribution >= 4 is 23.3 Å². The average Bonchev–Trinajstić information content (AvgIpc) is 2.83. The molecule has 2 aromatic carbocycles. The number of aryl methyl sites for hydroxylation is 1. The number of carbonyl (C=O) groups excluding carboxylic acids is 1. The van der Waals surface area contributed by atoms with Gasteiger partial charge in [0.15, 0.2) is 0 Å². The Kier molecular flexibility index (Phi) is 7.47. The number of piperidine rings is 1. The number of anilines is 1. The number of halogens is 1. The molecule has 2 amide bonds. The van der Waals surface area contributed by atoms with Crippen LogP contribution in [0.3, 0.4) is 0 Å². The third-order valence-electron chi connectivity index (χ3n) is 6.14. The fraction of sp³-hybridized carbons (Fsp3) is 0.308. The number of amides is 2. The Hall–Kier alpha value is -3.09. The highest BCUT2D eigenvalue weighted by molar-refractivity contribution is 6.30. The fourth-order valence-corrected chi connectivity index (χ4v) is 4.57. The molecule has 3 aromatic rings. The molecule has 4 rings (SSSR count). The SMILES string of the molecule is COc1ccc(C(c2ccc(C)nc2)C2CNCCC2NC(=O)Nc2ccc(Cl)cc2)cc1. The average molecular weight is 465 g/mol. The third kappa shape index (κ3) is 5.83. The van der Waals surface area contributed by atoms with E-state index in [0.717, 1.165) is 36.5 Å². The van der Waals surface area contributed by atoms with E-state index in [1.54, 1.807) is 31.4 Å². The summed E-state index contributed by atoms with van der Waals surface area (Å²) < 4.78 is 5.36. The van der Waals surface area contributed by atoms with Crippen LogP contribution in [0.15, 0.2) is 66.9 Å². The molecule has 0 aliphatic carbocycles. The van der Waals surface area contributed by atoms with Gasteiger partial charge in [-0.05, 0) is 73.5 Å². The van der Waals surface area contributed by atoms with Crippen LogP contribution in [0, 0.1) is 12.8 Å². The van der Waals surface area contributed by atoms with Crippen LogP contribution in [0.4, 0.5) is 10.5 Å². The third-order valence-corrected chi connectivity index (χ3v) is 6.40. The first kappa shape index (κ1) is 23.1. The van der Waals surface area contributed by atoms with Crippen LogP contribution in [0.2, 0.25) is 5.02 Å². The Balaban J connectivity index is 1.59. The lowest BCUT2D eigenvalue weighted by Crippen LogP contribution is -2.52. The molecular formula is C26H29ClN4O2. The highest BCUT2D eigenvalue weighted by Gasteiger charge is 2.35. The van der Waals surface area contributed by atoms with Crippen LogP contribution in [0.1, 0.15) is 29.2 Å². The quantitative estimate of drug-likeness (QED) is 0.480. The number of pyridine rings is 1. The predicted octanol–water partition coefficient (Wildman–Crippen LogP) is 4.98. The van der Waals surface area contributed by atoms with Gasteiger partial charge in [-0.2, -0.15) is 0 Å². The van der Waals surface area contributed by atoms with Crippen molar-refractivity contribution in [2.45, 2.75) is 25.3 Å². The van der Waals surface area contributed by atoms with Gasteiger partial charge in [0.2, 0.25) is 0 Å². The van der Waals surface area contributed by atoms with Crippen molar-refractivity contribution in [3.8, 4) is 5.75 Å². The second kappa shape index (κ2) is 10.7. The lowest BCUT2D eigenvalue weighted by molar-refractivity contribution is 0.226. The summed E-state index contributed by atoms with van der Waals surface area (Å²) in [6.45, 7) is 3.63. The molecule has 0 bridgehead atoms. The Morgan fingerprint density at radius 3 is 2.48 bits per heavy atom. The normalized spacial score (nSPS) is 18.9. The van der Waals surface area contributed by atoms with Gasteiger partial charge in [-0.25, -0.2) is 4.79 Å². The summed E-state index contributed by atoms with van der Waals surface area (Å²) in [6.07, 6.45) is 2.79. The maximum absolute atomic E-state index is 12.8. The number of hydrogen-bond donors (Lipinski definition) is 3. The molecule has 3 unspecified atom stereocenters. The number of ether oxygens (including phenoxy) is 1. The smallest absolute Gasteiger partial charge is 0.319 e. The zero-order valence-corrected chi connectivity index (χ0v) is 19.6. The van der Waals surface area contributed by atoms with Gasteiger partial charge in [0, 0.05) is 47.0 Å². The fourth-order valence-electron chi connectivity index (χ4n) is 4.44. The van der Waals surface area contributed by atoms with Gasteiger partial charge in [-0.3, -0.25) is 4.98 Å². The molecule has 1 saturated heterocycles. The highest BCUT2D eigenvalue weighted by atomic mass is 35.5. The zero-order valence-electron chi connectivity index (χ0n) is 18.8. The van der Waals surface area contributed by atoms with Crippen molar-refractivity contribution in [1.29, 1.82) is 0 Å². The van der Waals surface area contributed by atoms with Gasteiger partial charge in [-0.1, -0.05) is 29.8 Å². The van der Waals surface area contributed by atoms with Crippen LogP contribution in [-0.4, -0.2) is 37.3 Å². The van der Waals surface area contributed by atoms with Crippen LogP contribution >= 0.6 is 11.6 Å². The van der Waals surface area contributed by atoms with E-state index in [2.05, 4.69) is 39.1 Å². The van der Waals surface area contributed by atoms with Crippen molar-refractivity contribution in [3.05, 3.63) is 88.7 Å². The Morgan fingerprint density at radius 1 is 1.09 bits per heavy atom. The predicted molar refractivity (Wildman–Crippen MR) is 132 cm³/mol. The first-order valence-electron chi connectivity index (χ1n) is 11.1. The maximum Gasteiger partial charge on any atom is 0.319 e. The molecule has 7 heteroatoms. The van der Waals surface area contributed by atoms with E-state index in [1.807, 2.05) is 31.3 Å². The number of methoxy groups -OCH3 is 1. The van der Waals surface area contributed by atoms with E-state index in [0.29, 0.717) is 10.7 Å². The molecule has 172 valence electrons. The van der Waals surface area contributed by atoms with E-state index >= 15 is 0 Å². The summed E-state index contributed by atoms with van der Waals surface area (Å²) in [5, 5.41) is 10.3. The molecule has 6 nitrogen and oxygen atoms in total. The van der Waals surface area contributed by atoms with Gasteiger partial charge < -0.3 is 20.7 Å². The summed E-state index contributed by atoms with van der Waals surface area (Å²) in [5.74, 6) is 1.03. The first-order chi connectivity index (χ1) is 16.0. The van der Waals surface area contributed by atoms with Crippen molar-refractivity contribution in [2.24, 2.45) is 5.92 Å². The van der Waals surface area contributed by atoms with Crippen LogP contribution in [-0.2, 0) is 0 Å². The molecule has 0 radical (unpaired) electrons. The molecule has 1 fully saturated rings. The number of nitrogens with zero attached hydrogens (tertiary/aromatic N) is 1. The molecule has 1 aliphatic rings. The molecule has 1 aliphatic heterocycles. The topological polar surface area (TPSA) is 75.3 Å². The second-order valence-electron chi connectivity index (χ2n) is 8.35. The number of rotatable bonds is 6. The van der Waals surface area contributed by atoms with Crippen molar-refractivity contribution in [2.75, 3.05) is 25.5 Å². The summed E-state index contributed by atoms with van der Waals surface area (Å²) in [7, 11) is 1.67. The van der Waals surface area contributed by atoms with Crippen LogP contribution in [0.25, 0.3) is 0 Å². The van der Waals surface area contributed by atoms with Gasteiger partial charge in [0.1, 0.15) is 5.75 Å². The Bertz CT molecular complexity index is 1060. The van der Waals surface area contributed by atoms with E-state index in [4.69, 9.17) is 16.3 Å². The zero-order chi connectivity index (χ0) is 23.2. The molecule has 33 heavy (non-hydrogen) atoms. The lowest BCUT2D eigenvalue weighted by Gasteiger charge is -2.38. The number of carbonyl (C=O) groups is 1. The molecule has 1 aromatic heterocycles. The molecule has 3 N–H and O–H groups in total. The number of aromatic nitrogens is 1. The maximum atomic E-state index is 12.8. The lowest BCUT2D eigenvalue weighted by atomic mass is 9.75. The summed E-state index contributed by atoms with van der Waals surface area (Å²) in [5.41, 5.74) is 3.98. The Morgan fingerprint density at radius 2 is 1.82 bits per heavy atom. The molecule has 0 saturated carbocycles. The van der Waals surface area contributed by atoms with Gasteiger partial charge in [-0.15, -0.1) is 0 Å². The van der Waals surface area contributed by atoms with Gasteiger partial charge in [0.05, 0.1) is 7.11 Å². The number of urea groups is 1. The molecule has 2 heterocycles. The van der Waals surface area contributed by atoms with Crippen LogP contribution in [0.5, 0.6) is 5.75 Å². The minimum atomic E-state index is -0.218. The standard InChI is InChI=1S/C26H29ClN4O2/c1-17-3-4-19(15-29-17)25(18-5-11-22(33-2)12-6-18)23-16-28-14-13-24(23)31-26(32)30-21-9-7-20(27)8-10-21/h3-12,15,23-25,28H,13-14,16H2,1-2H3,(H2,30,31,32). The van der Waals surface area contributed by atoms with E-state index in [1.165, 1.54) is 5.56 Å². The number of benzene rings is 2. The largest absolute Gasteiger partial charge is 0.497 e. The molecular weight excluding hydrogens is 436 g/mol. The van der Waals surface area contributed by atoms with Gasteiger partial charge in [0.25, 0.3) is 0 Å². The highest BCUT2D eigenvalue weighted by Crippen LogP contribution is 2.36. The molecule has 3 atom stereocenters. The van der Waals surface area contributed by atoms with Crippen molar-refractivity contribution in [3.63, 3.8) is 0 Å².